The summed E-state index contributed by atoms with van der Waals surface area (Å²) in [6.07, 6.45) is 4.57. The second-order valence-corrected chi connectivity index (χ2v) is 6.03. The predicted octanol–water partition coefficient (Wildman–Crippen LogP) is 2.51. The highest BCUT2D eigenvalue weighted by Crippen LogP contribution is 2.29. The number of nitrogens with one attached hydrogen (secondary N) is 1. The molecule has 1 amide bonds. The Morgan fingerprint density at radius 2 is 1.88 bits per heavy atom. The molecule has 2 aromatic rings. The second kappa shape index (κ2) is 7.65. The van der Waals surface area contributed by atoms with Crippen LogP contribution in [0.4, 0.5) is 8.78 Å². The van der Waals surface area contributed by atoms with Crippen molar-refractivity contribution < 1.29 is 18.3 Å². The average molecular weight is 347 g/mol. The van der Waals surface area contributed by atoms with Gasteiger partial charge in [-0.3, -0.25) is 4.79 Å². The molecule has 1 aliphatic rings. The highest BCUT2D eigenvalue weighted by molar-refractivity contribution is 5.77. The number of nitrogens with zero attached hydrogens (tertiary/aromatic N) is 2. The molecular formula is C18H19F2N3O2. The molecule has 1 aliphatic heterocycles. The van der Waals surface area contributed by atoms with Gasteiger partial charge in [0.1, 0.15) is 5.54 Å². The average Bonchev–Trinajstić information content (AvgIpc) is 2.64. The Kier molecular flexibility index (Phi) is 5.33. The van der Waals surface area contributed by atoms with Crippen LogP contribution in [-0.2, 0) is 21.5 Å². The van der Waals surface area contributed by atoms with Crippen molar-refractivity contribution in [2.75, 3.05) is 13.2 Å². The fourth-order valence-corrected chi connectivity index (χ4v) is 2.99. The van der Waals surface area contributed by atoms with Crippen molar-refractivity contribution in [3.63, 3.8) is 0 Å². The maximum atomic E-state index is 13.7. The van der Waals surface area contributed by atoms with E-state index in [1.165, 1.54) is 12.1 Å². The fourth-order valence-electron chi connectivity index (χ4n) is 2.99. The van der Waals surface area contributed by atoms with E-state index in [2.05, 4.69) is 15.3 Å². The van der Waals surface area contributed by atoms with Gasteiger partial charge in [-0.2, -0.15) is 0 Å². The first kappa shape index (κ1) is 17.4. The summed E-state index contributed by atoms with van der Waals surface area (Å²) in [5.41, 5.74) is -0.496. The van der Waals surface area contributed by atoms with Crippen molar-refractivity contribution in [2.45, 2.75) is 31.2 Å². The van der Waals surface area contributed by atoms with E-state index in [0.717, 1.165) is 6.07 Å². The van der Waals surface area contributed by atoms with Crippen molar-refractivity contribution in [1.29, 1.82) is 0 Å². The molecule has 0 bridgehead atoms. The van der Waals surface area contributed by atoms with Crippen molar-refractivity contribution in [1.82, 2.24) is 15.3 Å². The molecule has 1 aromatic carbocycles. The quantitative estimate of drug-likeness (QED) is 0.903. The molecule has 1 aromatic heterocycles. The monoisotopic (exact) mass is 347 g/mol. The van der Waals surface area contributed by atoms with Gasteiger partial charge in [0.25, 0.3) is 0 Å². The van der Waals surface area contributed by atoms with Gasteiger partial charge in [-0.05, 0) is 24.1 Å². The Morgan fingerprint density at radius 1 is 1.16 bits per heavy atom. The second-order valence-electron chi connectivity index (χ2n) is 6.03. The molecule has 132 valence electrons. The fraction of sp³-hybridized carbons (Fsp3) is 0.389. The summed E-state index contributed by atoms with van der Waals surface area (Å²) >= 11 is 0. The van der Waals surface area contributed by atoms with Crippen LogP contribution in [0.25, 0.3) is 0 Å². The maximum absolute atomic E-state index is 13.7. The van der Waals surface area contributed by atoms with Crippen molar-refractivity contribution in [3.8, 4) is 0 Å². The summed E-state index contributed by atoms with van der Waals surface area (Å²) < 4.78 is 32.3. The van der Waals surface area contributed by atoms with Gasteiger partial charge in [0.2, 0.25) is 5.91 Å². The molecule has 3 rings (SSSR count). The summed E-state index contributed by atoms with van der Waals surface area (Å²) in [4.78, 5) is 21.0. The van der Waals surface area contributed by atoms with E-state index in [9.17, 15) is 13.6 Å². The summed E-state index contributed by atoms with van der Waals surface area (Å²) in [6, 6.07) is 5.69. The zero-order valence-electron chi connectivity index (χ0n) is 13.7. The molecule has 5 nitrogen and oxygen atoms in total. The lowest BCUT2D eigenvalue weighted by Crippen LogP contribution is -2.50. The van der Waals surface area contributed by atoms with E-state index >= 15 is 0 Å². The number of aryl methyl sites for hydroxylation is 1. The Balaban J connectivity index is 1.70. The van der Waals surface area contributed by atoms with Gasteiger partial charge < -0.3 is 10.1 Å². The van der Waals surface area contributed by atoms with Gasteiger partial charge >= 0.3 is 0 Å². The van der Waals surface area contributed by atoms with E-state index in [-0.39, 0.29) is 24.3 Å². The number of carbonyl (C=O) groups excluding carboxylic acids is 1. The summed E-state index contributed by atoms with van der Waals surface area (Å²) in [6.45, 7) is 0.994. The number of halogens is 2. The highest BCUT2D eigenvalue weighted by atomic mass is 19.2. The SMILES string of the molecule is O=C(CCc1cccc(F)c1F)NC1(c2ncccn2)CCOCC1. The molecular weight excluding hydrogens is 328 g/mol. The third-order valence-corrected chi connectivity index (χ3v) is 4.37. The van der Waals surface area contributed by atoms with Crippen LogP contribution in [0.5, 0.6) is 0 Å². The molecule has 25 heavy (non-hydrogen) atoms. The first-order valence-corrected chi connectivity index (χ1v) is 8.20. The van der Waals surface area contributed by atoms with Gasteiger partial charge in [-0.25, -0.2) is 18.7 Å². The number of hydrogen-bond acceptors (Lipinski definition) is 4. The molecule has 1 saturated heterocycles. The molecule has 0 saturated carbocycles. The van der Waals surface area contributed by atoms with Gasteiger partial charge in [0.05, 0.1) is 0 Å². The number of hydrogen-bond donors (Lipinski definition) is 1. The smallest absolute Gasteiger partial charge is 0.221 e. The van der Waals surface area contributed by atoms with Crippen LogP contribution in [0, 0.1) is 11.6 Å². The van der Waals surface area contributed by atoms with E-state index < -0.39 is 17.2 Å². The third kappa shape index (κ3) is 3.99. The number of carbonyl (C=O) groups is 1. The van der Waals surface area contributed by atoms with Crippen LogP contribution < -0.4 is 5.32 Å². The standard InChI is InChI=1S/C18H19F2N3O2/c19-14-4-1-3-13(16(14)20)5-6-15(24)23-18(7-11-25-12-8-18)17-21-9-2-10-22-17/h1-4,9-10H,5-8,11-12H2,(H,23,24). The minimum absolute atomic E-state index is 0.0514. The number of amides is 1. The lowest BCUT2D eigenvalue weighted by molar-refractivity contribution is -0.124. The minimum atomic E-state index is -0.906. The highest BCUT2D eigenvalue weighted by Gasteiger charge is 2.38. The Bertz CT molecular complexity index is 734. The number of benzene rings is 1. The molecule has 0 spiro atoms. The van der Waals surface area contributed by atoms with Crippen LogP contribution in [-0.4, -0.2) is 29.1 Å². The first-order valence-electron chi connectivity index (χ1n) is 8.20. The molecule has 0 aliphatic carbocycles. The maximum Gasteiger partial charge on any atom is 0.221 e. The molecule has 0 unspecified atom stereocenters. The lowest BCUT2D eigenvalue weighted by atomic mass is 9.88. The molecule has 7 heteroatoms. The lowest BCUT2D eigenvalue weighted by Gasteiger charge is -2.36. The zero-order valence-corrected chi connectivity index (χ0v) is 13.7. The van der Waals surface area contributed by atoms with Crippen LogP contribution >= 0.6 is 0 Å². The van der Waals surface area contributed by atoms with Crippen molar-refractivity contribution in [3.05, 3.63) is 59.7 Å². The topological polar surface area (TPSA) is 64.1 Å². The molecule has 0 atom stereocenters. The minimum Gasteiger partial charge on any atom is -0.381 e. The number of ether oxygens (including phenoxy) is 1. The largest absolute Gasteiger partial charge is 0.381 e. The van der Waals surface area contributed by atoms with Gasteiger partial charge in [0, 0.05) is 44.9 Å². The van der Waals surface area contributed by atoms with Gasteiger partial charge in [-0.1, -0.05) is 12.1 Å². The Hall–Kier alpha value is -2.41. The van der Waals surface area contributed by atoms with Crippen LogP contribution in [0.2, 0.25) is 0 Å². The number of rotatable bonds is 5. The van der Waals surface area contributed by atoms with Gasteiger partial charge in [0.15, 0.2) is 17.5 Å². The normalized spacial score (nSPS) is 16.4. The van der Waals surface area contributed by atoms with Crippen LogP contribution in [0.1, 0.15) is 30.7 Å². The molecule has 0 radical (unpaired) electrons. The Morgan fingerprint density at radius 3 is 2.60 bits per heavy atom. The van der Waals surface area contributed by atoms with Gasteiger partial charge in [-0.15, -0.1) is 0 Å². The molecule has 1 N–H and O–H groups in total. The number of aromatic nitrogens is 2. The van der Waals surface area contributed by atoms with E-state index in [4.69, 9.17) is 4.74 Å². The molecule has 2 heterocycles. The molecule has 1 fully saturated rings. The Labute approximate surface area is 144 Å². The van der Waals surface area contributed by atoms with E-state index in [1.807, 2.05) is 0 Å². The summed E-state index contributed by atoms with van der Waals surface area (Å²) in [5, 5.41) is 2.99. The zero-order chi connectivity index (χ0) is 17.7. The van der Waals surface area contributed by atoms with Crippen LogP contribution in [0.3, 0.4) is 0 Å². The predicted molar refractivity (Wildman–Crippen MR) is 86.6 cm³/mol. The van der Waals surface area contributed by atoms with E-state index in [0.29, 0.717) is 31.9 Å². The first-order chi connectivity index (χ1) is 12.1. The van der Waals surface area contributed by atoms with Crippen molar-refractivity contribution >= 4 is 5.91 Å². The van der Waals surface area contributed by atoms with E-state index in [1.54, 1.807) is 18.5 Å². The van der Waals surface area contributed by atoms with Crippen molar-refractivity contribution in [2.24, 2.45) is 0 Å². The summed E-state index contributed by atoms with van der Waals surface area (Å²) in [5.74, 6) is -1.51. The van der Waals surface area contributed by atoms with Crippen LogP contribution in [0.15, 0.2) is 36.7 Å². The third-order valence-electron chi connectivity index (χ3n) is 4.37. The summed E-state index contributed by atoms with van der Waals surface area (Å²) in [7, 11) is 0.